The van der Waals surface area contributed by atoms with Gasteiger partial charge in [0.1, 0.15) is 42.7 Å². The first-order valence-corrected chi connectivity index (χ1v) is 16.4. The minimum atomic E-state index is -0.871. The molecule has 0 unspecified atom stereocenters. The third-order valence-electron chi connectivity index (χ3n) is 9.02. The maximum absolute atomic E-state index is 6.86. The molecule has 10 heteroatoms. The van der Waals surface area contributed by atoms with Crippen molar-refractivity contribution in [3.8, 4) is 0 Å². The molecule has 3 aromatic carbocycles. The molecule has 4 saturated heterocycles. The van der Waals surface area contributed by atoms with Crippen LogP contribution in [0.5, 0.6) is 0 Å². The second-order valence-electron chi connectivity index (χ2n) is 12.9. The molecule has 0 bridgehead atoms. The van der Waals surface area contributed by atoms with Gasteiger partial charge in [0.25, 0.3) is 0 Å². The molecule has 4 aliphatic rings. The number of ether oxygens (including phenoxy) is 10. The summed E-state index contributed by atoms with van der Waals surface area (Å²) in [6.07, 6.45) is -6.23. The Kier molecular flexibility index (Phi) is 10.0. The standard InChI is InChI=1S/C37H44O10/c1-23-28(31-33(35(38-4)42-23)47-37(2,3)46-31)44-36-32(40-21-25-16-10-6-11-17-25)30(39-20-24-14-8-5-9-15-24)29-27(43-36)22-41-34(45-29)26-18-12-7-13-19-26/h5-19,23,27-36H,20-22H2,1-4H3/t23-,27+,28-,29+,30-,31+,32-,33+,34+,35+,36-/m0/s1. The summed E-state index contributed by atoms with van der Waals surface area (Å²) in [6.45, 7) is 6.63. The molecule has 0 radical (unpaired) electrons. The number of methoxy groups -OCH3 is 1. The fourth-order valence-corrected chi connectivity index (χ4v) is 6.78. The summed E-state index contributed by atoms with van der Waals surface area (Å²) in [6, 6.07) is 29.9. The van der Waals surface area contributed by atoms with Gasteiger partial charge in [-0.25, -0.2) is 0 Å². The van der Waals surface area contributed by atoms with Crippen LogP contribution in [0.2, 0.25) is 0 Å². The molecule has 11 atom stereocenters. The number of benzene rings is 3. The van der Waals surface area contributed by atoms with Gasteiger partial charge >= 0.3 is 0 Å². The van der Waals surface area contributed by atoms with Gasteiger partial charge in [-0.05, 0) is 31.9 Å². The molecule has 4 fully saturated rings. The summed E-state index contributed by atoms with van der Waals surface area (Å²) in [5, 5.41) is 0. The first kappa shape index (κ1) is 32.8. The zero-order valence-corrected chi connectivity index (χ0v) is 27.2. The highest BCUT2D eigenvalue weighted by Gasteiger charge is 2.58. The first-order chi connectivity index (χ1) is 22.9. The van der Waals surface area contributed by atoms with Crippen LogP contribution in [0.15, 0.2) is 91.0 Å². The SMILES string of the molecule is CO[C@@H]1O[C@@H](C)[C@H](O[C@@H]2O[C@@H]3CO[C@@H](c4ccccc4)O[C@H]3[C@H](OCc3ccccc3)[C@@H]2OCc2ccccc2)[C@H]2OC(C)(C)O[C@@H]12. The van der Waals surface area contributed by atoms with Crippen LogP contribution < -0.4 is 0 Å². The van der Waals surface area contributed by atoms with Crippen molar-refractivity contribution in [3.63, 3.8) is 0 Å². The molecule has 0 aliphatic carbocycles. The van der Waals surface area contributed by atoms with E-state index < -0.39 is 73.5 Å². The minimum Gasteiger partial charge on any atom is -0.368 e. The molecule has 0 saturated carbocycles. The van der Waals surface area contributed by atoms with Crippen molar-refractivity contribution in [1.82, 2.24) is 0 Å². The Balaban J connectivity index is 1.20. The highest BCUT2D eigenvalue weighted by Crippen LogP contribution is 2.42. The molecule has 3 aromatic rings. The van der Waals surface area contributed by atoms with E-state index in [0.29, 0.717) is 13.2 Å². The van der Waals surface area contributed by atoms with Crippen LogP contribution >= 0.6 is 0 Å². The molecular weight excluding hydrogens is 604 g/mol. The van der Waals surface area contributed by atoms with Gasteiger partial charge in [-0.15, -0.1) is 0 Å². The molecule has 4 aliphatic heterocycles. The summed E-state index contributed by atoms with van der Waals surface area (Å²) >= 11 is 0. The van der Waals surface area contributed by atoms with Crippen molar-refractivity contribution in [1.29, 1.82) is 0 Å². The van der Waals surface area contributed by atoms with E-state index in [1.807, 2.05) is 112 Å². The van der Waals surface area contributed by atoms with E-state index in [0.717, 1.165) is 16.7 Å². The van der Waals surface area contributed by atoms with Crippen LogP contribution in [0.1, 0.15) is 43.8 Å². The van der Waals surface area contributed by atoms with E-state index in [2.05, 4.69) is 0 Å². The Morgan fingerprint density at radius 3 is 1.89 bits per heavy atom. The molecular formula is C37H44O10. The van der Waals surface area contributed by atoms with Crippen LogP contribution in [0, 0.1) is 0 Å². The average molecular weight is 649 g/mol. The Labute approximate surface area is 276 Å². The Hall–Kier alpha value is -2.74. The van der Waals surface area contributed by atoms with E-state index in [-0.39, 0.29) is 6.61 Å². The first-order valence-electron chi connectivity index (χ1n) is 16.4. The quantitative estimate of drug-likeness (QED) is 0.289. The monoisotopic (exact) mass is 648 g/mol. The van der Waals surface area contributed by atoms with Crippen molar-refractivity contribution in [3.05, 3.63) is 108 Å². The lowest BCUT2D eigenvalue weighted by Gasteiger charge is -2.50. The van der Waals surface area contributed by atoms with Crippen LogP contribution in [0.4, 0.5) is 0 Å². The van der Waals surface area contributed by atoms with E-state index in [1.165, 1.54) is 0 Å². The van der Waals surface area contributed by atoms with Crippen molar-refractivity contribution >= 4 is 0 Å². The Bertz CT molecular complexity index is 1410. The summed E-state index contributed by atoms with van der Waals surface area (Å²) in [7, 11) is 1.60. The second-order valence-corrected chi connectivity index (χ2v) is 12.9. The normalized spacial score (nSPS) is 36.4. The second kappa shape index (κ2) is 14.4. The molecule has 4 heterocycles. The molecule has 7 rings (SSSR count). The van der Waals surface area contributed by atoms with Crippen molar-refractivity contribution in [2.75, 3.05) is 13.7 Å². The van der Waals surface area contributed by atoms with Gasteiger partial charge < -0.3 is 47.4 Å². The lowest BCUT2D eigenvalue weighted by Crippen LogP contribution is -2.66. The van der Waals surface area contributed by atoms with Crippen molar-refractivity contribution < 1.29 is 47.4 Å². The number of hydrogen-bond donors (Lipinski definition) is 0. The molecule has 10 nitrogen and oxygen atoms in total. The maximum atomic E-state index is 6.86. The number of fused-ring (bicyclic) bond motifs is 2. The predicted molar refractivity (Wildman–Crippen MR) is 169 cm³/mol. The van der Waals surface area contributed by atoms with Gasteiger partial charge in [-0.3, -0.25) is 0 Å². The zero-order valence-electron chi connectivity index (χ0n) is 27.2. The molecule has 0 N–H and O–H groups in total. The summed E-state index contributed by atoms with van der Waals surface area (Å²) in [5.74, 6) is -0.846. The Morgan fingerprint density at radius 1 is 0.660 bits per heavy atom. The topological polar surface area (TPSA) is 92.3 Å². The van der Waals surface area contributed by atoms with Gasteiger partial charge in [0.05, 0.1) is 25.9 Å². The van der Waals surface area contributed by atoms with Gasteiger partial charge in [0.15, 0.2) is 24.7 Å². The molecule has 0 spiro atoms. The van der Waals surface area contributed by atoms with Crippen LogP contribution in [0.25, 0.3) is 0 Å². The maximum Gasteiger partial charge on any atom is 0.187 e. The minimum absolute atomic E-state index is 0.280. The van der Waals surface area contributed by atoms with Crippen LogP contribution in [-0.2, 0) is 60.6 Å². The predicted octanol–water partition coefficient (Wildman–Crippen LogP) is 5.29. The summed E-state index contributed by atoms with van der Waals surface area (Å²) in [4.78, 5) is 0. The van der Waals surface area contributed by atoms with Gasteiger partial charge in [0, 0.05) is 12.7 Å². The van der Waals surface area contributed by atoms with Crippen LogP contribution in [-0.4, -0.2) is 80.9 Å². The summed E-state index contributed by atoms with van der Waals surface area (Å²) < 4.78 is 64.4. The van der Waals surface area contributed by atoms with Gasteiger partial charge in [0.2, 0.25) is 0 Å². The third kappa shape index (κ3) is 7.33. The molecule has 47 heavy (non-hydrogen) atoms. The van der Waals surface area contributed by atoms with Crippen molar-refractivity contribution in [2.45, 2.75) is 107 Å². The fraction of sp³-hybridized carbons (Fsp3) is 0.514. The smallest absolute Gasteiger partial charge is 0.187 e. The number of hydrogen-bond acceptors (Lipinski definition) is 10. The van der Waals surface area contributed by atoms with E-state index >= 15 is 0 Å². The number of rotatable bonds is 10. The Morgan fingerprint density at radius 2 is 1.26 bits per heavy atom. The highest BCUT2D eigenvalue weighted by atomic mass is 16.8. The van der Waals surface area contributed by atoms with Crippen molar-refractivity contribution in [2.24, 2.45) is 0 Å². The zero-order chi connectivity index (χ0) is 32.4. The lowest BCUT2D eigenvalue weighted by atomic mass is 9.96. The van der Waals surface area contributed by atoms with E-state index in [1.54, 1.807) is 7.11 Å². The average Bonchev–Trinajstić information content (AvgIpc) is 3.43. The lowest BCUT2D eigenvalue weighted by molar-refractivity contribution is -0.388. The molecule has 252 valence electrons. The van der Waals surface area contributed by atoms with Gasteiger partial charge in [-0.2, -0.15) is 0 Å². The molecule has 0 amide bonds. The third-order valence-corrected chi connectivity index (χ3v) is 9.02. The van der Waals surface area contributed by atoms with Gasteiger partial charge in [-0.1, -0.05) is 91.0 Å². The molecule has 0 aromatic heterocycles. The van der Waals surface area contributed by atoms with E-state index in [9.17, 15) is 0 Å². The largest absolute Gasteiger partial charge is 0.368 e. The van der Waals surface area contributed by atoms with Crippen LogP contribution in [0.3, 0.4) is 0 Å². The fourth-order valence-electron chi connectivity index (χ4n) is 6.78. The highest BCUT2D eigenvalue weighted by molar-refractivity contribution is 5.18. The summed E-state index contributed by atoms with van der Waals surface area (Å²) in [5.41, 5.74) is 2.96. The van der Waals surface area contributed by atoms with E-state index in [4.69, 9.17) is 47.4 Å².